The van der Waals surface area contributed by atoms with Crippen molar-refractivity contribution in [3.05, 3.63) is 69.8 Å². The van der Waals surface area contributed by atoms with Gasteiger partial charge in [0, 0.05) is 23.0 Å². The van der Waals surface area contributed by atoms with Gasteiger partial charge in [0.15, 0.2) is 0 Å². The average molecular weight is 288 g/mol. The zero-order valence-electron chi connectivity index (χ0n) is 10.4. The summed E-state index contributed by atoms with van der Waals surface area (Å²) in [6.07, 6.45) is 3.40. The minimum absolute atomic E-state index is 0.318. The third-order valence-electron chi connectivity index (χ3n) is 2.78. The number of aromatic nitrogens is 1. The van der Waals surface area contributed by atoms with Crippen LogP contribution in [0.4, 0.5) is 0 Å². The molecule has 3 rings (SSSR count). The van der Waals surface area contributed by atoms with Crippen molar-refractivity contribution >= 4 is 22.6 Å². The summed E-state index contributed by atoms with van der Waals surface area (Å²) in [5, 5.41) is 1.22. The Balaban J connectivity index is 1.98. The van der Waals surface area contributed by atoms with Crippen molar-refractivity contribution in [2.45, 2.75) is 6.61 Å². The second-order valence-corrected chi connectivity index (χ2v) is 4.66. The summed E-state index contributed by atoms with van der Waals surface area (Å²) in [6.45, 7) is 0.318. The van der Waals surface area contributed by atoms with Crippen LogP contribution in [0.25, 0.3) is 11.0 Å². The molecule has 0 N–H and O–H groups in total. The van der Waals surface area contributed by atoms with Gasteiger partial charge in [0.1, 0.15) is 17.9 Å². The number of rotatable bonds is 3. The highest BCUT2D eigenvalue weighted by molar-refractivity contribution is 6.31. The van der Waals surface area contributed by atoms with Gasteiger partial charge in [0.05, 0.1) is 11.5 Å². The monoisotopic (exact) mass is 287 g/mol. The van der Waals surface area contributed by atoms with Gasteiger partial charge in [-0.2, -0.15) is 0 Å². The molecule has 0 saturated heterocycles. The topological polar surface area (TPSA) is 52.3 Å². The van der Waals surface area contributed by atoms with Gasteiger partial charge in [-0.3, -0.25) is 4.98 Å². The Morgan fingerprint density at radius 2 is 2.15 bits per heavy atom. The van der Waals surface area contributed by atoms with Gasteiger partial charge in [0.25, 0.3) is 0 Å². The van der Waals surface area contributed by atoms with Crippen LogP contribution < -0.4 is 10.4 Å². The van der Waals surface area contributed by atoms with Crippen LogP contribution in [0.2, 0.25) is 5.02 Å². The van der Waals surface area contributed by atoms with E-state index in [0.717, 1.165) is 5.56 Å². The number of pyridine rings is 1. The van der Waals surface area contributed by atoms with Gasteiger partial charge >= 0.3 is 5.63 Å². The zero-order chi connectivity index (χ0) is 13.9. The molecule has 0 saturated carbocycles. The molecule has 5 heteroatoms. The van der Waals surface area contributed by atoms with Crippen LogP contribution in [0.15, 0.2) is 58.0 Å². The highest BCUT2D eigenvalue weighted by Gasteiger charge is 2.07. The van der Waals surface area contributed by atoms with E-state index in [1.54, 1.807) is 30.6 Å². The molecule has 0 bridgehead atoms. The molecule has 0 atom stereocenters. The Bertz CT molecular complexity index is 799. The van der Waals surface area contributed by atoms with Crippen molar-refractivity contribution < 1.29 is 9.15 Å². The van der Waals surface area contributed by atoms with E-state index in [1.165, 1.54) is 6.07 Å². The van der Waals surface area contributed by atoms with Crippen LogP contribution >= 0.6 is 11.6 Å². The van der Waals surface area contributed by atoms with Crippen LogP contribution in [-0.2, 0) is 6.61 Å². The lowest BCUT2D eigenvalue weighted by molar-refractivity contribution is 0.307. The fourth-order valence-electron chi connectivity index (χ4n) is 1.87. The molecule has 0 aliphatic rings. The number of halogens is 1. The van der Waals surface area contributed by atoms with E-state index in [0.29, 0.717) is 28.3 Å². The molecule has 0 aliphatic carbocycles. The minimum atomic E-state index is -0.457. The Morgan fingerprint density at radius 3 is 2.95 bits per heavy atom. The van der Waals surface area contributed by atoms with E-state index in [9.17, 15) is 4.79 Å². The molecule has 20 heavy (non-hydrogen) atoms. The van der Waals surface area contributed by atoms with Crippen LogP contribution in [0.1, 0.15) is 5.56 Å². The molecule has 0 amide bonds. The fraction of sp³-hybridized carbons (Fsp3) is 0.0667. The van der Waals surface area contributed by atoms with Crippen LogP contribution in [-0.4, -0.2) is 4.98 Å². The molecular formula is C15H10ClNO3. The highest BCUT2D eigenvalue weighted by atomic mass is 35.5. The van der Waals surface area contributed by atoms with Gasteiger partial charge in [-0.15, -0.1) is 0 Å². The fourth-order valence-corrected chi connectivity index (χ4v) is 2.04. The quantitative estimate of drug-likeness (QED) is 0.693. The largest absolute Gasteiger partial charge is 0.488 e. The molecule has 0 aliphatic heterocycles. The Morgan fingerprint density at radius 1 is 1.25 bits per heavy atom. The first-order valence-electron chi connectivity index (χ1n) is 5.97. The first-order valence-corrected chi connectivity index (χ1v) is 6.35. The predicted molar refractivity (Wildman–Crippen MR) is 76.1 cm³/mol. The number of hydrogen-bond donors (Lipinski definition) is 0. The maximum atomic E-state index is 11.5. The molecule has 3 aromatic rings. The molecule has 1 aromatic carbocycles. The summed E-state index contributed by atoms with van der Waals surface area (Å²) in [7, 11) is 0. The van der Waals surface area contributed by atoms with Crippen molar-refractivity contribution in [3.8, 4) is 5.75 Å². The third-order valence-corrected chi connectivity index (χ3v) is 3.02. The standard InChI is InChI=1S/C15H10ClNO3/c16-11-3-4-13-12(6-11)14(7-15(18)20-13)19-9-10-2-1-5-17-8-10/h1-8H,9H2. The number of benzene rings is 1. The number of nitrogens with zero attached hydrogens (tertiary/aromatic N) is 1. The Hall–Kier alpha value is -2.33. The molecule has 4 nitrogen and oxygen atoms in total. The van der Waals surface area contributed by atoms with Crippen LogP contribution in [0.5, 0.6) is 5.75 Å². The molecule has 100 valence electrons. The van der Waals surface area contributed by atoms with Gasteiger partial charge in [-0.1, -0.05) is 17.7 Å². The van der Waals surface area contributed by atoms with Crippen molar-refractivity contribution in [1.82, 2.24) is 4.98 Å². The van der Waals surface area contributed by atoms with Gasteiger partial charge < -0.3 is 9.15 Å². The van der Waals surface area contributed by atoms with E-state index in [2.05, 4.69) is 4.98 Å². The predicted octanol–water partition coefficient (Wildman–Crippen LogP) is 3.42. The molecule has 2 heterocycles. The molecule has 0 spiro atoms. The van der Waals surface area contributed by atoms with Crippen LogP contribution in [0, 0.1) is 0 Å². The second-order valence-electron chi connectivity index (χ2n) is 4.22. The van der Waals surface area contributed by atoms with Crippen molar-refractivity contribution in [3.63, 3.8) is 0 Å². The molecule has 0 radical (unpaired) electrons. The summed E-state index contributed by atoms with van der Waals surface area (Å²) < 4.78 is 10.8. The van der Waals surface area contributed by atoms with E-state index in [4.69, 9.17) is 20.8 Å². The molecule has 0 fully saturated rings. The average Bonchev–Trinajstić information content (AvgIpc) is 2.46. The van der Waals surface area contributed by atoms with E-state index in [-0.39, 0.29) is 0 Å². The van der Waals surface area contributed by atoms with E-state index < -0.39 is 5.63 Å². The maximum Gasteiger partial charge on any atom is 0.339 e. The summed E-state index contributed by atoms with van der Waals surface area (Å²) in [4.78, 5) is 15.5. The maximum absolute atomic E-state index is 11.5. The SMILES string of the molecule is O=c1cc(OCc2cccnc2)c2cc(Cl)ccc2o1. The first kappa shape index (κ1) is 12.7. The third kappa shape index (κ3) is 2.65. The zero-order valence-corrected chi connectivity index (χ0v) is 11.1. The molecule has 0 unspecified atom stereocenters. The van der Waals surface area contributed by atoms with E-state index in [1.807, 2.05) is 12.1 Å². The van der Waals surface area contributed by atoms with Crippen molar-refractivity contribution in [1.29, 1.82) is 0 Å². The van der Waals surface area contributed by atoms with Crippen LogP contribution in [0.3, 0.4) is 0 Å². The van der Waals surface area contributed by atoms with Gasteiger partial charge in [-0.25, -0.2) is 4.79 Å². The summed E-state index contributed by atoms with van der Waals surface area (Å²) >= 11 is 5.96. The minimum Gasteiger partial charge on any atom is -0.488 e. The summed E-state index contributed by atoms with van der Waals surface area (Å²) in [5.41, 5.74) is 0.903. The first-order chi connectivity index (χ1) is 9.72. The van der Waals surface area contributed by atoms with Gasteiger partial charge in [0.2, 0.25) is 0 Å². The lowest BCUT2D eigenvalue weighted by atomic mass is 10.2. The van der Waals surface area contributed by atoms with Gasteiger partial charge in [-0.05, 0) is 24.3 Å². The summed E-state index contributed by atoms with van der Waals surface area (Å²) in [5.74, 6) is 0.447. The molecule has 2 aromatic heterocycles. The summed E-state index contributed by atoms with van der Waals surface area (Å²) in [6, 6.07) is 10.1. The van der Waals surface area contributed by atoms with Crippen molar-refractivity contribution in [2.75, 3.05) is 0 Å². The molecular weight excluding hydrogens is 278 g/mol. The smallest absolute Gasteiger partial charge is 0.339 e. The second kappa shape index (κ2) is 5.35. The number of ether oxygens (including phenoxy) is 1. The lowest BCUT2D eigenvalue weighted by Crippen LogP contribution is -2.02. The number of fused-ring (bicyclic) bond motifs is 1. The van der Waals surface area contributed by atoms with Crippen molar-refractivity contribution in [2.24, 2.45) is 0 Å². The number of hydrogen-bond acceptors (Lipinski definition) is 4. The highest BCUT2D eigenvalue weighted by Crippen LogP contribution is 2.27. The Labute approximate surface area is 119 Å². The van der Waals surface area contributed by atoms with E-state index >= 15 is 0 Å². The normalized spacial score (nSPS) is 10.7. The lowest BCUT2D eigenvalue weighted by Gasteiger charge is -2.08. The Kier molecular flexibility index (Phi) is 3.39.